The van der Waals surface area contributed by atoms with Gasteiger partial charge in [0, 0.05) is 51.9 Å². The molecule has 1 aromatic carbocycles. The number of rotatable bonds is 4. The summed E-state index contributed by atoms with van der Waals surface area (Å²) in [6.07, 6.45) is 2.16. The monoisotopic (exact) mass is 441 g/mol. The molecule has 0 radical (unpaired) electrons. The molecule has 32 heavy (non-hydrogen) atoms. The summed E-state index contributed by atoms with van der Waals surface area (Å²) in [4.78, 5) is 57.6. The van der Waals surface area contributed by atoms with Crippen LogP contribution >= 0.6 is 0 Å². The number of nitrogens with one attached hydrogen (secondary N) is 1. The number of nitrogens with zero attached hydrogens (tertiary/aromatic N) is 4. The lowest BCUT2D eigenvalue weighted by Crippen LogP contribution is -2.56. The molecule has 0 unspecified atom stereocenters. The van der Waals surface area contributed by atoms with Crippen LogP contribution < -0.4 is 5.32 Å². The zero-order valence-electron chi connectivity index (χ0n) is 18.7. The quantitative estimate of drug-likeness (QED) is 0.697. The summed E-state index contributed by atoms with van der Waals surface area (Å²) >= 11 is 0. The lowest BCUT2D eigenvalue weighted by molar-refractivity contribution is -0.136. The van der Waals surface area contributed by atoms with Crippen molar-refractivity contribution in [1.82, 2.24) is 24.9 Å². The molecule has 0 aliphatic carbocycles. The molecular weight excluding hydrogens is 410 g/mol. The summed E-state index contributed by atoms with van der Waals surface area (Å²) in [5.74, 6) is -0.167. The predicted molar refractivity (Wildman–Crippen MR) is 118 cm³/mol. The van der Waals surface area contributed by atoms with Crippen molar-refractivity contribution in [2.45, 2.75) is 37.3 Å². The number of carbonyl (C=O) groups is 4. The van der Waals surface area contributed by atoms with E-state index in [1.165, 1.54) is 4.90 Å². The van der Waals surface area contributed by atoms with Crippen molar-refractivity contribution in [3.05, 3.63) is 35.9 Å². The summed E-state index contributed by atoms with van der Waals surface area (Å²) < 4.78 is 0. The normalized spacial score (nSPS) is 21.7. The second kappa shape index (κ2) is 8.90. The van der Waals surface area contributed by atoms with Crippen LogP contribution in [-0.2, 0) is 9.59 Å². The Hall–Kier alpha value is -2.94. The lowest BCUT2D eigenvalue weighted by Gasteiger charge is -2.38. The Morgan fingerprint density at radius 2 is 1.66 bits per heavy atom. The van der Waals surface area contributed by atoms with Crippen LogP contribution in [0.3, 0.4) is 0 Å². The molecule has 0 aromatic heterocycles. The number of hydrogen-bond acceptors (Lipinski definition) is 5. The van der Waals surface area contributed by atoms with Gasteiger partial charge in [0.05, 0.1) is 6.54 Å². The molecule has 4 rings (SSSR count). The first-order valence-corrected chi connectivity index (χ1v) is 11.2. The standard InChI is InChI=1S/C23H31N5O4/c1-25(2)19(29)16-26-12-8-18(9-13-26)28-21(31)23(24-22(28)32)10-14-27(15-11-23)20(30)17-6-4-3-5-7-17/h3-7,18H,8-16H2,1-2H3,(H,24,32). The molecule has 3 aliphatic heterocycles. The fourth-order valence-electron chi connectivity index (χ4n) is 4.83. The Labute approximate surface area is 188 Å². The largest absolute Gasteiger partial charge is 0.348 e. The van der Waals surface area contributed by atoms with Crippen LogP contribution in [0.4, 0.5) is 4.79 Å². The maximum atomic E-state index is 13.4. The summed E-state index contributed by atoms with van der Waals surface area (Å²) in [5, 5.41) is 2.95. The first-order chi connectivity index (χ1) is 15.3. The molecule has 3 heterocycles. The molecule has 1 N–H and O–H groups in total. The Balaban J connectivity index is 1.35. The van der Waals surface area contributed by atoms with Gasteiger partial charge in [-0.2, -0.15) is 0 Å². The van der Waals surface area contributed by atoms with Gasteiger partial charge >= 0.3 is 6.03 Å². The Kier molecular flexibility index (Phi) is 6.19. The Morgan fingerprint density at radius 1 is 1.03 bits per heavy atom. The third kappa shape index (κ3) is 4.21. The van der Waals surface area contributed by atoms with E-state index in [0.29, 0.717) is 64.0 Å². The van der Waals surface area contributed by atoms with E-state index in [1.807, 2.05) is 18.2 Å². The number of carbonyl (C=O) groups excluding carboxylic acids is 4. The van der Waals surface area contributed by atoms with Gasteiger partial charge in [0.2, 0.25) is 5.91 Å². The predicted octanol–water partition coefficient (Wildman–Crippen LogP) is 0.766. The maximum Gasteiger partial charge on any atom is 0.325 e. The first-order valence-electron chi connectivity index (χ1n) is 11.2. The van der Waals surface area contributed by atoms with E-state index in [9.17, 15) is 19.2 Å². The molecule has 3 fully saturated rings. The second-order valence-electron chi connectivity index (χ2n) is 9.14. The molecule has 1 aromatic rings. The second-order valence-corrected chi connectivity index (χ2v) is 9.14. The zero-order valence-corrected chi connectivity index (χ0v) is 18.7. The molecule has 3 saturated heterocycles. The fourth-order valence-corrected chi connectivity index (χ4v) is 4.83. The van der Waals surface area contributed by atoms with E-state index in [4.69, 9.17) is 0 Å². The number of benzene rings is 1. The van der Waals surface area contributed by atoms with Gasteiger partial charge < -0.3 is 15.1 Å². The minimum atomic E-state index is -0.914. The molecule has 1 spiro atoms. The van der Waals surface area contributed by atoms with Crippen molar-refractivity contribution in [3.63, 3.8) is 0 Å². The lowest BCUT2D eigenvalue weighted by atomic mass is 9.86. The average molecular weight is 442 g/mol. The first kappa shape index (κ1) is 22.3. The summed E-state index contributed by atoms with van der Waals surface area (Å²) in [5.41, 5.74) is -0.283. The van der Waals surface area contributed by atoms with Gasteiger partial charge in [0.25, 0.3) is 11.8 Å². The molecule has 0 atom stereocenters. The van der Waals surface area contributed by atoms with Crippen molar-refractivity contribution < 1.29 is 19.2 Å². The van der Waals surface area contributed by atoms with E-state index in [2.05, 4.69) is 10.2 Å². The Bertz CT molecular complexity index is 887. The van der Waals surface area contributed by atoms with Gasteiger partial charge in [0.15, 0.2) is 0 Å². The van der Waals surface area contributed by atoms with Crippen LogP contribution in [0.2, 0.25) is 0 Å². The minimum Gasteiger partial charge on any atom is -0.348 e. The van der Waals surface area contributed by atoms with E-state index in [0.717, 1.165) is 0 Å². The Morgan fingerprint density at radius 3 is 2.25 bits per heavy atom. The molecule has 9 nitrogen and oxygen atoms in total. The number of likely N-dealkylation sites (tertiary alicyclic amines) is 2. The van der Waals surface area contributed by atoms with Gasteiger partial charge in [0.1, 0.15) is 5.54 Å². The molecule has 3 aliphatic rings. The average Bonchev–Trinajstić information content (AvgIpc) is 3.04. The highest BCUT2D eigenvalue weighted by molar-refractivity contribution is 6.07. The third-order valence-corrected chi connectivity index (χ3v) is 6.90. The molecule has 9 heteroatoms. The molecule has 5 amide bonds. The highest BCUT2D eigenvalue weighted by Crippen LogP contribution is 2.33. The van der Waals surface area contributed by atoms with Crippen LogP contribution in [0.25, 0.3) is 0 Å². The van der Waals surface area contributed by atoms with Crippen molar-refractivity contribution in [1.29, 1.82) is 0 Å². The molecule has 0 bridgehead atoms. The van der Waals surface area contributed by atoms with Crippen molar-refractivity contribution in [2.75, 3.05) is 46.8 Å². The number of piperidine rings is 2. The number of imide groups is 1. The van der Waals surface area contributed by atoms with Gasteiger partial charge in [-0.05, 0) is 37.8 Å². The van der Waals surface area contributed by atoms with Crippen molar-refractivity contribution in [2.24, 2.45) is 0 Å². The fraction of sp³-hybridized carbons (Fsp3) is 0.565. The van der Waals surface area contributed by atoms with Crippen LogP contribution in [0, 0.1) is 0 Å². The third-order valence-electron chi connectivity index (χ3n) is 6.90. The van der Waals surface area contributed by atoms with Crippen LogP contribution in [0.1, 0.15) is 36.0 Å². The maximum absolute atomic E-state index is 13.4. The molecule has 0 saturated carbocycles. The highest BCUT2D eigenvalue weighted by atomic mass is 16.2. The van der Waals surface area contributed by atoms with Crippen molar-refractivity contribution in [3.8, 4) is 0 Å². The van der Waals surface area contributed by atoms with Gasteiger partial charge in [-0.3, -0.25) is 24.2 Å². The van der Waals surface area contributed by atoms with Crippen molar-refractivity contribution >= 4 is 23.8 Å². The van der Waals surface area contributed by atoms with Gasteiger partial charge in [-0.25, -0.2) is 4.79 Å². The van der Waals surface area contributed by atoms with Gasteiger partial charge in [-0.1, -0.05) is 18.2 Å². The van der Waals surface area contributed by atoms with E-state index in [-0.39, 0.29) is 29.8 Å². The number of likely N-dealkylation sites (N-methyl/N-ethyl adjacent to an activating group) is 1. The number of urea groups is 1. The summed E-state index contributed by atoms with van der Waals surface area (Å²) in [7, 11) is 3.47. The van der Waals surface area contributed by atoms with Crippen LogP contribution in [-0.4, -0.2) is 102 Å². The van der Waals surface area contributed by atoms with Gasteiger partial charge in [-0.15, -0.1) is 0 Å². The van der Waals surface area contributed by atoms with E-state index >= 15 is 0 Å². The number of hydrogen-bond donors (Lipinski definition) is 1. The minimum absolute atomic E-state index is 0.0475. The van der Waals surface area contributed by atoms with Crippen LogP contribution in [0.15, 0.2) is 30.3 Å². The molecule has 172 valence electrons. The zero-order chi connectivity index (χ0) is 22.9. The van der Waals surface area contributed by atoms with Crippen LogP contribution in [0.5, 0.6) is 0 Å². The van der Waals surface area contributed by atoms with E-state index in [1.54, 1.807) is 36.0 Å². The smallest absolute Gasteiger partial charge is 0.325 e. The highest BCUT2D eigenvalue weighted by Gasteiger charge is 2.54. The summed E-state index contributed by atoms with van der Waals surface area (Å²) in [6, 6.07) is 8.62. The SMILES string of the molecule is CN(C)C(=O)CN1CCC(N2C(=O)NC3(CCN(C(=O)c4ccccc4)CC3)C2=O)CC1. The summed E-state index contributed by atoms with van der Waals surface area (Å²) in [6.45, 7) is 2.56. The number of amides is 5. The van der Waals surface area contributed by atoms with E-state index < -0.39 is 5.54 Å². The topological polar surface area (TPSA) is 93.3 Å². The molecular formula is C23H31N5O4.